The van der Waals surface area contributed by atoms with Crippen molar-refractivity contribution in [2.24, 2.45) is 0 Å². The van der Waals surface area contributed by atoms with Crippen LogP contribution < -0.4 is 0 Å². The molecule has 2 nitrogen and oxygen atoms in total. The first-order chi connectivity index (χ1) is 6.72. The smallest absolute Gasteiger partial charge is 0.183 e. The molecule has 0 aliphatic rings. The van der Waals surface area contributed by atoms with E-state index >= 15 is 0 Å². The fourth-order valence-corrected chi connectivity index (χ4v) is 1.21. The fraction of sp³-hybridized carbons (Fsp3) is 0.750. The second kappa shape index (κ2) is 8.95. The van der Waals surface area contributed by atoms with Gasteiger partial charge in [-0.2, -0.15) is 0 Å². The lowest BCUT2D eigenvalue weighted by Gasteiger charge is -2.05. The quantitative estimate of drug-likeness (QED) is 0.481. The van der Waals surface area contributed by atoms with Crippen molar-refractivity contribution in [2.75, 3.05) is 0 Å². The standard InChI is InChI=1S/C12H22O2/c1-3-5-7-9-11(13)12(14)10-8-6-4-2/h7,9,12,14H,3-6,8,10H2,1-2H3. The van der Waals surface area contributed by atoms with E-state index in [0.29, 0.717) is 6.42 Å². The first-order valence-corrected chi connectivity index (χ1v) is 5.60. The van der Waals surface area contributed by atoms with Crippen LogP contribution in [0.2, 0.25) is 0 Å². The molecule has 1 atom stereocenters. The maximum Gasteiger partial charge on any atom is 0.183 e. The van der Waals surface area contributed by atoms with Gasteiger partial charge in [-0.25, -0.2) is 0 Å². The number of allylic oxidation sites excluding steroid dienone is 1. The monoisotopic (exact) mass is 198 g/mol. The Bertz CT molecular complexity index is 173. The summed E-state index contributed by atoms with van der Waals surface area (Å²) in [5, 5.41) is 9.44. The van der Waals surface area contributed by atoms with Crippen LogP contribution >= 0.6 is 0 Å². The van der Waals surface area contributed by atoms with Gasteiger partial charge in [-0.05, 0) is 18.9 Å². The van der Waals surface area contributed by atoms with Crippen molar-refractivity contribution < 1.29 is 9.90 Å². The van der Waals surface area contributed by atoms with Gasteiger partial charge in [0, 0.05) is 0 Å². The van der Waals surface area contributed by atoms with Gasteiger partial charge in [-0.15, -0.1) is 0 Å². The normalized spacial score (nSPS) is 13.4. The third kappa shape index (κ3) is 6.84. The topological polar surface area (TPSA) is 37.3 Å². The summed E-state index contributed by atoms with van der Waals surface area (Å²) < 4.78 is 0. The highest BCUT2D eigenvalue weighted by Crippen LogP contribution is 2.05. The predicted molar refractivity (Wildman–Crippen MR) is 59.2 cm³/mol. The van der Waals surface area contributed by atoms with Crippen molar-refractivity contribution in [3.05, 3.63) is 12.2 Å². The molecule has 0 heterocycles. The van der Waals surface area contributed by atoms with Gasteiger partial charge in [0.1, 0.15) is 6.10 Å². The van der Waals surface area contributed by atoms with Crippen LogP contribution in [0.1, 0.15) is 52.4 Å². The number of rotatable bonds is 8. The number of hydrogen-bond donors (Lipinski definition) is 1. The minimum atomic E-state index is -0.783. The fourth-order valence-electron chi connectivity index (χ4n) is 1.21. The van der Waals surface area contributed by atoms with Gasteiger partial charge < -0.3 is 5.11 Å². The lowest BCUT2D eigenvalue weighted by Crippen LogP contribution is -2.17. The summed E-state index contributed by atoms with van der Waals surface area (Å²) >= 11 is 0. The summed E-state index contributed by atoms with van der Waals surface area (Å²) in [6, 6.07) is 0. The summed E-state index contributed by atoms with van der Waals surface area (Å²) in [6.45, 7) is 4.17. The molecular formula is C12H22O2. The Morgan fingerprint density at radius 3 is 2.57 bits per heavy atom. The second-order valence-electron chi connectivity index (χ2n) is 3.60. The van der Waals surface area contributed by atoms with Gasteiger partial charge in [0.15, 0.2) is 5.78 Å². The van der Waals surface area contributed by atoms with E-state index in [9.17, 15) is 9.90 Å². The van der Waals surface area contributed by atoms with E-state index < -0.39 is 6.10 Å². The van der Waals surface area contributed by atoms with Gasteiger partial charge in [-0.1, -0.05) is 45.6 Å². The molecule has 0 aliphatic carbocycles. The molecule has 82 valence electrons. The van der Waals surface area contributed by atoms with E-state index in [2.05, 4.69) is 13.8 Å². The Hall–Kier alpha value is -0.630. The Labute approximate surface area is 87.0 Å². The number of carbonyl (C=O) groups is 1. The number of hydrogen-bond acceptors (Lipinski definition) is 2. The van der Waals surface area contributed by atoms with E-state index in [1.807, 2.05) is 6.08 Å². The molecule has 1 N–H and O–H groups in total. The van der Waals surface area contributed by atoms with E-state index in [0.717, 1.165) is 32.1 Å². The largest absolute Gasteiger partial charge is 0.385 e. The molecule has 0 fully saturated rings. The summed E-state index contributed by atoms with van der Waals surface area (Å²) in [5.41, 5.74) is 0. The van der Waals surface area contributed by atoms with Gasteiger partial charge in [0.25, 0.3) is 0 Å². The number of ketones is 1. The van der Waals surface area contributed by atoms with Crippen molar-refractivity contribution in [2.45, 2.75) is 58.5 Å². The summed E-state index contributed by atoms with van der Waals surface area (Å²) in [6.07, 6.45) is 8.26. The second-order valence-corrected chi connectivity index (χ2v) is 3.60. The van der Waals surface area contributed by atoms with Gasteiger partial charge >= 0.3 is 0 Å². The number of carbonyl (C=O) groups excluding carboxylic acids is 1. The zero-order valence-corrected chi connectivity index (χ0v) is 9.33. The van der Waals surface area contributed by atoms with E-state index in [-0.39, 0.29) is 5.78 Å². The van der Waals surface area contributed by atoms with Crippen molar-refractivity contribution in [1.29, 1.82) is 0 Å². The molecule has 0 bridgehead atoms. The van der Waals surface area contributed by atoms with Crippen LogP contribution in [0, 0.1) is 0 Å². The Morgan fingerprint density at radius 2 is 2.00 bits per heavy atom. The van der Waals surface area contributed by atoms with Crippen LogP contribution in [0.15, 0.2) is 12.2 Å². The van der Waals surface area contributed by atoms with Crippen molar-refractivity contribution >= 4 is 5.78 Å². The highest BCUT2D eigenvalue weighted by molar-refractivity contribution is 5.93. The Balaban J connectivity index is 3.64. The Kier molecular flexibility index (Phi) is 8.54. The zero-order valence-electron chi connectivity index (χ0n) is 9.33. The van der Waals surface area contributed by atoms with E-state index in [4.69, 9.17) is 0 Å². The molecular weight excluding hydrogens is 176 g/mol. The average Bonchev–Trinajstić information content (AvgIpc) is 2.18. The van der Waals surface area contributed by atoms with Crippen LogP contribution in [0.4, 0.5) is 0 Å². The molecule has 0 rings (SSSR count). The van der Waals surface area contributed by atoms with Crippen LogP contribution in [0.3, 0.4) is 0 Å². The van der Waals surface area contributed by atoms with Crippen LogP contribution in [0.25, 0.3) is 0 Å². The number of unbranched alkanes of at least 4 members (excludes halogenated alkanes) is 3. The highest BCUT2D eigenvalue weighted by Gasteiger charge is 2.10. The van der Waals surface area contributed by atoms with Gasteiger partial charge in [-0.3, -0.25) is 4.79 Å². The maximum absolute atomic E-state index is 11.3. The van der Waals surface area contributed by atoms with E-state index in [1.165, 1.54) is 6.08 Å². The minimum absolute atomic E-state index is 0.144. The molecule has 0 aromatic rings. The predicted octanol–water partition coefficient (Wildman–Crippen LogP) is 2.85. The zero-order chi connectivity index (χ0) is 10.8. The molecule has 1 unspecified atom stereocenters. The average molecular weight is 198 g/mol. The van der Waals surface area contributed by atoms with Crippen LogP contribution in [-0.4, -0.2) is 17.0 Å². The molecule has 14 heavy (non-hydrogen) atoms. The minimum Gasteiger partial charge on any atom is -0.385 e. The molecule has 2 heteroatoms. The molecule has 0 amide bonds. The van der Waals surface area contributed by atoms with Gasteiger partial charge in [0.05, 0.1) is 0 Å². The molecule has 0 aromatic heterocycles. The van der Waals surface area contributed by atoms with Crippen molar-refractivity contribution in [3.8, 4) is 0 Å². The lowest BCUT2D eigenvalue weighted by atomic mass is 10.1. The molecule has 0 saturated carbocycles. The van der Waals surface area contributed by atoms with Crippen molar-refractivity contribution in [3.63, 3.8) is 0 Å². The summed E-state index contributed by atoms with van der Waals surface area (Å²) in [7, 11) is 0. The van der Waals surface area contributed by atoms with E-state index in [1.54, 1.807) is 0 Å². The highest BCUT2D eigenvalue weighted by atomic mass is 16.3. The first-order valence-electron chi connectivity index (χ1n) is 5.60. The number of aliphatic hydroxyl groups excluding tert-OH is 1. The first kappa shape index (κ1) is 13.4. The molecule has 0 aromatic carbocycles. The summed E-state index contributed by atoms with van der Waals surface area (Å²) in [4.78, 5) is 11.3. The maximum atomic E-state index is 11.3. The number of aliphatic hydroxyl groups is 1. The molecule has 0 spiro atoms. The molecule has 0 radical (unpaired) electrons. The third-order valence-electron chi connectivity index (χ3n) is 2.15. The van der Waals surface area contributed by atoms with Crippen LogP contribution in [-0.2, 0) is 4.79 Å². The lowest BCUT2D eigenvalue weighted by molar-refractivity contribution is -0.122. The van der Waals surface area contributed by atoms with Crippen molar-refractivity contribution in [1.82, 2.24) is 0 Å². The molecule has 0 saturated heterocycles. The SMILES string of the molecule is CCCC=CC(=O)C(O)CCCCC. The molecule has 0 aliphatic heterocycles. The van der Waals surface area contributed by atoms with Crippen LogP contribution in [0.5, 0.6) is 0 Å². The third-order valence-corrected chi connectivity index (χ3v) is 2.15. The Morgan fingerprint density at radius 1 is 1.29 bits per heavy atom. The van der Waals surface area contributed by atoms with Gasteiger partial charge in [0.2, 0.25) is 0 Å². The summed E-state index contributed by atoms with van der Waals surface area (Å²) in [5.74, 6) is -0.144.